The highest BCUT2D eigenvalue weighted by Crippen LogP contribution is 2.38. The Bertz CT molecular complexity index is 811. The van der Waals surface area contributed by atoms with Crippen LogP contribution in [0.4, 0.5) is 13.2 Å². The Morgan fingerprint density at radius 2 is 1.89 bits per heavy atom. The maximum atomic E-state index is 13.6. The van der Waals surface area contributed by atoms with Crippen LogP contribution in [0.2, 0.25) is 0 Å². The molecule has 0 aromatic carbocycles. The van der Waals surface area contributed by atoms with E-state index < -0.39 is 11.9 Å². The molecule has 2 aliphatic rings. The molecule has 4 heterocycles. The number of aromatic nitrogens is 3. The number of fused-ring (bicyclic) bond motifs is 1. The maximum absolute atomic E-state index is 13.6. The first-order valence-corrected chi connectivity index (χ1v) is 10.8. The standard InChI is InChI=1S/C19H25F3N4S/c1-12(2)14-10-17(19(20,21)22)26-18(23-14)11-15(24-26)16-4-3-7-25(16)13-5-8-27-9-6-13/h10-13,16H,3-9H2,1-2H3/t16-/m0/s1. The number of likely N-dealkylation sites (tertiary alicyclic amines) is 1. The minimum absolute atomic E-state index is 0.0721. The molecule has 4 rings (SSSR count). The molecule has 0 saturated carbocycles. The fourth-order valence-electron chi connectivity index (χ4n) is 4.23. The lowest BCUT2D eigenvalue weighted by Crippen LogP contribution is -2.37. The molecule has 2 aromatic heterocycles. The lowest BCUT2D eigenvalue weighted by atomic mass is 10.1. The highest BCUT2D eigenvalue weighted by atomic mass is 32.2. The number of hydrogen-bond donors (Lipinski definition) is 0. The van der Waals surface area contributed by atoms with Crippen LogP contribution in [0.1, 0.15) is 68.6 Å². The van der Waals surface area contributed by atoms with Crippen molar-refractivity contribution in [2.75, 3.05) is 18.1 Å². The van der Waals surface area contributed by atoms with Gasteiger partial charge in [-0.25, -0.2) is 9.50 Å². The van der Waals surface area contributed by atoms with Crippen molar-refractivity contribution < 1.29 is 13.2 Å². The summed E-state index contributed by atoms with van der Waals surface area (Å²) in [7, 11) is 0. The van der Waals surface area contributed by atoms with Gasteiger partial charge in [0.25, 0.3) is 0 Å². The number of hydrogen-bond acceptors (Lipinski definition) is 4. The molecule has 2 aromatic rings. The number of alkyl halides is 3. The topological polar surface area (TPSA) is 33.4 Å². The second-order valence-electron chi connectivity index (χ2n) is 7.80. The molecule has 0 amide bonds. The van der Waals surface area contributed by atoms with E-state index >= 15 is 0 Å². The van der Waals surface area contributed by atoms with Gasteiger partial charge in [0.15, 0.2) is 5.65 Å². The Morgan fingerprint density at radius 3 is 2.56 bits per heavy atom. The summed E-state index contributed by atoms with van der Waals surface area (Å²) in [6.07, 6.45) is -0.134. The molecular weight excluding hydrogens is 373 g/mol. The number of rotatable bonds is 3. The van der Waals surface area contributed by atoms with Crippen molar-refractivity contribution in [3.63, 3.8) is 0 Å². The predicted octanol–water partition coefficient (Wildman–Crippen LogP) is 4.90. The fourth-order valence-corrected chi connectivity index (χ4v) is 5.31. The molecule has 148 valence electrons. The molecule has 0 bridgehead atoms. The summed E-state index contributed by atoms with van der Waals surface area (Å²) in [5.41, 5.74) is 0.745. The van der Waals surface area contributed by atoms with Crippen molar-refractivity contribution in [2.45, 2.75) is 63.7 Å². The minimum Gasteiger partial charge on any atom is -0.292 e. The van der Waals surface area contributed by atoms with Crippen LogP contribution in [0.3, 0.4) is 0 Å². The summed E-state index contributed by atoms with van der Waals surface area (Å²) in [5, 5.41) is 4.39. The summed E-state index contributed by atoms with van der Waals surface area (Å²) in [6, 6.07) is 3.52. The van der Waals surface area contributed by atoms with Gasteiger partial charge in [-0.3, -0.25) is 4.90 Å². The highest BCUT2D eigenvalue weighted by Gasteiger charge is 2.37. The number of halogens is 3. The smallest absolute Gasteiger partial charge is 0.292 e. The normalized spacial score (nSPS) is 23.0. The van der Waals surface area contributed by atoms with Gasteiger partial charge in [0, 0.05) is 17.8 Å². The first-order chi connectivity index (χ1) is 12.8. The molecule has 0 aliphatic carbocycles. The Labute approximate surface area is 161 Å². The Balaban J connectivity index is 1.74. The molecule has 0 spiro atoms. The zero-order valence-corrected chi connectivity index (χ0v) is 16.5. The summed E-state index contributed by atoms with van der Waals surface area (Å²) in [5.74, 6) is 2.25. The third kappa shape index (κ3) is 3.70. The maximum Gasteiger partial charge on any atom is 0.433 e. The third-order valence-corrected chi connectivity index (χ3v) is 6.69. The van der Waals surface area contributed by atoms with E-state index in [4.69, 9.17) is 0 Å². The Hall–Kier alpha value is -1.28. The highest BCUT2D eigenvalue weighted by molar-refractivity contribution is 7.99. The van der Waals surface area contributed by atoms with Gasteiger partial charge in [0.2, 0.25) is 0 Å². The van der Waals surface area contributed by atoms with Crippen molar-refractivity contribution in [2.24, 2.45) is 0 Å². The zero-order chi connectivity index (χ0) is 19.2. The van der Waals surface area contributed by atoms with E-state index in [1.165, 1.54) is 0 Å². The molecule has 0 radical (unpaired) electrons. The third-order valence-electron chi connectivity index (χ3n) is 5.64. The summed E-state index contributed by atoms with van der Waals surface area (Å²) < 4.78 is 41.8. The van der Waals surface area contributed by atoms with E-state index in [0.717, 1.165) is 60.0 Å². The van der Waals surface area contributed by atoms with E-state index in [-0.39, 0.29) is 12.0 Å². The SMILES string of the molecule is CC(C)c1cc(C(F)(F)F)n2nc([C@@H]3CCCN3C3CCSCC3)cc2n1. The lowest BCUT2D eigenvalue weighted by molar-refractivity contribution is -0.142. The number of thioether (sulfide) groups is 1. The molecular formula is C19H25F3N4S. The van der Waals surface area contributed by atoms with Crippen molar-refractivity contribution >= 4 is 17.4 Å². The molecule has 2 aliphatic heterocycles. The second kappa shape index (κ2) is 7.28. The van der Waals surface area contributed by atoms with Gasteiger partial charge in [-0.2, -0.15) is 30.0 Å². The first kappa shape index (κ1) is 19.1. The Morgan fingerprint density at radius 1 is 1.15 bits per heavy atom. The van der Waals surface area contributed by atoms with Crippen LogP contribution in [0.15, 0.2) is 12.1 Å². The van der Waals surface area contributed by atoms with E-state index in [0.29, 0.717) is 17.4 Å². The van der Waals surface area contributed by atoms with E-state index in [1.54, 1.807) is 6.07 Å². The minimum atomic E-state index is -4.45. The van der Waals surface area contributed by atoms with Crippen LogP contribution in [0, 0.1) is 0 Å². The van der Waals surface area contributed by atoms with Gasteiger partial charge in [0.1, 0.15) is 5.69 Å². The molecule has 4 nitrogen and oxygen atoms in total. The average molecular weight is 398 g/mol. The van der Waals surface area contributed by atoms with Crippen molar-refractivity contribution in [1.82, 2.24) is 19.5 Å². The van der Waals surface area contributed by atoms with Crippen LogP contribution >= 0.6 is 11.8 Å². The van der Waals surface area contributed by atoms with Crippen molar-refractivity contribution in [1.29, 1.82) is 0 Å². The van der Waals surface area contributed by atoms with Gasteiger partial charge in [0.05, 0.1) is 11.7 Å². The molecule has 2 saturated heterocycles. The van der Waals surface area contributed by atoms with E-state index in [1.807, 2.05) is 25.6 Å². The summed E-state index contributed by atoms with van der Waals surface area (Å²) in [4.78, 5) is 6.93. The van der Waals surface area contributed by atoms with Crippen LogP contribution in [-0.4, -0.2) is 43.6 Å². The zero-order valence-electron chi connectivity index (χ0n) is 15.7. The molecule has 0 N–H and O–H groups in total. The molecule has 8 heteroatoms. The molecule has 27 heavy (non-hydrogen) atoms. The summed E-state index contributed by atoms with van der Waals surface area (Å²) >= 11 is 1.99. The quantitative estimate of drug-likeness (QED) is 0.736. The lowest BCUT2D eigenvalue weighted by Gasteiger charge is -2.34. The van der Waals surface area contributed by atoms with Gasteiger partial charge >= 0.3 is 6.18 Å². The largest absolute Gasteiger partial charge is 0.433 e. The monoisotopic (exact) mass is 398 g/mol. The molecule has 1 atom stereocenters. The van der Waals surface area contributed by atoms with Gasteiger partial charge in [-0.05, 0) is 55.7 Å². The van der Waals surface area contributed by atoms with Crippen molar-refractivity contribution in [3.05, 3.63) is 29.2 Å². The van der Waals surface area contributed by atoms with Crippen molar-refractivity contribution in [3.8, 4) is 0 Å². The first-order valence-electron chi connectivity index (χ1n) is 9.66. The van der Waals surface area contributed by atoms with Gasteiger partial charge < -0.3 is 0 Å². The van der Waals surface area contributed by atoms with Gasteiger partial charge in [-0.1, -0.05) is 13.8 Å². The second-order valence-corrected chi connectivity index (χ2v) is 9.02. The van der Waals surface area contributed by atoms with E-state index in [9.17, 15) is 13.2 Å². The average Bonchev–Trinajstić information content (AvgIpc) is 3.27. The Kier molecular flexibility index (Phi) is 5.14. The van der Waals surface area contributed by atoms with Crippen LogP contribution in [0.25, 0.3) is 5.65 Å². The molecule has 0 unspecified atom stereocenters. The summed E-state index contributed by atoms with van der Waals surface area (Å²) in [6.45, 7) is 4.72. The van der Waals surface area contributed by atoms with Gasteiger partial charge in [-0.15, -0.1) is 0 Å². The molecule has 2 fully saturated rings. The predicted molar refractivity (Wildman–Crippen MR) is 101 cm³/mol. The fraction of sp³-hybridized carbons (Fsp3) is 0.684. The van der Waals surface area contributed by atoms with Crippen LogP contribution in [0.5, 0.6) is 0 Å². The van der Waals surface area contributed by atoms with Crippen LogP contribution in [-0.2, 0) is 6.18 Å². The van der Waals surface area contributed by atoms with Crippen LogP contribution < -0.4 is 0 Å². The number of nitrogens with zero attached hydrogens (tertiary/aromatic N) is 4. The van der Waals surface area contributed by atoms with E-state index in [2.05, 4.69) is 15.0 Å².